The first kappa shape index (κ1) is 14.3. The Balaban J connectivity index is 1.37. The van der Waals surface area contributed by atoms with Crippen molar-refractivity contribution < 1.29 is 14.6 Å². The van der Waals surface area contributed by atoms with Crippen molar-refractivity contribution in [3.8, 4) is 0 Å². The molecule has 3 aliphatic carbocycles. The zero-order chi connectivity index (χ0) is 15.1. The van der Waals surface area contributed by atoms with Crippen molar-refractivity contribution in [2.24, 2.45) is 35.5 Å². The van der Waals surface area contributed by atoms with Crippen molar-refractivity contribution in [2.75, 3.05) is 6.61 Å². The smallest absolute Gasteiger partial charge is 0.309 e. The van der Waals surface area contributed by atoms with Crippen LogP contribution in [0.2, 0.25) is 0 Å². The van der Waals surface area contributed by atoms with Gasteiger partial charge in [-0.15, -0.1) is 0 Å². The van der Waals surface area contributed by atoms with Gasteiger partial charge < -0.3 is 9.84 Å². The van der Waals surface area contributed by atoms with Gasteiger partial charge in [0.25, 0.3) is 0 Å². The third-order valence-electron chi connectivity index (χ3n) is 6.35. The van der Waals surface area contributed by atoms with Crippen molar-refractivity contribution in [1.82, 2.24) is 0 Å². The van der Waals surface area contributed by atoms with Crippen LogP contribution < -0.4 is 0 Å². The second-order valence-electron chi connectivity index (χ2n) is 7.44. The van der Waals surface area contributed by atoms with Crippen LogP contribution in [0.5, 0.6) is 0 Å². The van der Waals surface area contributed by atoms with E-state index in [-0.39, 0.29) is 11.9 Å². The Morgan fingerprint density at radius 2 is 1.82 bits per heavy atom. The molecule has 6 unspecified atom stereocenters. The number of ether oxygens (including phenoxy) is 1. The number of aliphatic hydroxyl groups excluding tert-OH is 1. The number of esters is 1. The van der Waals surface area contributed by atoms with E-state index in [4.69, 9.17) is 4.74 Å². The maximum atomic E-state index is 12.5. The lowest BCUT2D eigenvalue weighted by molar-refractivity contribution is -0.152. The van der Waals surface area contributed by atoms with Crippen LogP contribution in [0.3, 0.4) is 0 Å². The third kappa shape index (κ3) is 2.36. The zero-order valence-electron chi connectivity index (χ0n) is 12.9. The summed E-state index contributed by atoms with van der Waals surface area (Å²) < 4.78 is 5.58. The molecule has 3 nitrogen and oxygen atoms in total. The molecule has 3 heteroatoms. The molecule has 22 heavy (non-hydrogen) atoms. The van der Waals surface area contributed by atoms with Gasteiger partial charge in [0, 0.05) is 6.61 Å². The Labute approximate surface area is 131 Å². The molecule has 4 rings (SSSR count). The molecular formula is C19H24O3. The minimum Gasteiger partial charge on any atom is -0.461 e. The molecule has 1 aromatic carbocycles. The van der Waals surface area contributed by atoms with E-state index in [1.165, 1.54) is 12.8 Å². The van der Waals surface area contributed by atoms with Crippen LogP contribution in [0, 0.1) is 35.5 Å². The summed E-state index contributed by atoms with van der Waals surface area (Å²) >= 11 is 0. The van der Waals surface area contributed by atoms with Crippen LogP contribution in [0.25, 0.3) is 0 Å². The molecule has 118 valence electrons. The summed E-state index contributed by atoms with van der Waals surface area (Å²) in [4.78, 5) is 12.5. The van der Waals surface area contributed by atoms with Crippen molar-refractivity contribution >= 4 is 5.97 Å². The SMILES string of the molecule is O=C(OCc1ccccc1)C1CC2CC1C1CC(CO)CC21. The van der Waals surface area contributed by atoms with E-state index in [1.54, 1.807) is 0 Å². The molecule has 1 N–H and O–H groups in total. The van der Waals surface area contributed by atoms with Crippen molar-refractivity contribution in [1.29, 1.82) is 0 Å². The van der Waals surface area contributed by atoms with Gasteiger partial charge in [-0.2, -0.15) is 0 Å². The highest BCUT2D eigenvalue weighted by Gasteiger charge is 2.57. The number of aliphatic hydroxyl groups is 1. The van der Waals surface area contributed by atoms with E-state index in [1.807, 2.05) is 30.3 Å². The van der Waals surface area contributed by atoms with E-state index in [9.17, 15) is 9.90 Å². The molecule has 0 heterocycles. The first-order chi connectivity index (χ1) is 10.8. The molecule has 0 saturated heterocycles. The van der Waals surface area contributed by atoms with Gasteiger partial charge in [0.05, 0.1) is 5.92 Å². The average molecular weight is 300 g/mol. The minimum absolute atomic E-state index is 0.00208. The fourth-order valence-electron chi connectivity index (χ4n) is 5.44. The van der Waals surface area contributed by atoms with E-state index in [2.05, 4.69) is 0 Å². The van der Waals surface area contributed by atoms with Gasteiger partial charge in [0.2, 0.25) is 0 Å². The maximum absolute atomic E-state index is 12.5. The summed E-state index contributed by atoms with van der Waals surface area (Å²) in [6.45, 7) is 0.705. The van der Waals surface area contributed by atoms with Gasteiger partial charge in [-0.1, -0.05) is 30.3 Å². The predicted octanol–water partition coefficient (Wildman–Crippen LogP) is 3.02. The average Bonchev–Trinajstić information content (AvgIpc) is 3.24. The van der Waals surface area contributed by atoms with Crippen LogP contribution in [0.4, 0.5) is 0 Å². The predicted molar refractivity (Wildman–Crippen MR) is 82.7 cm³/mol. The lowest BCUT2D eigenvalue weighted by atomic mass is 9.76. The van der Waals surface area contributed by atoms with Crippen LogP contribution in [-0.4, -0.2) is 17.7 Å². The zero-order valence-corrected chi connectivity index (χ0v) is 12.9. The highest BCUT2D eigenvalue weighted by molar-refractivity contribution is 5.73. The molecule has 0 aliphatic heterocycles. The monoisotopic (exact) mass is 300 g/mol. The van der Waals surface area contributed by atoms with Crippen LogP contribution in [0.1, 0.15) is 31.2 Å². The van der Waals surface area contributed by atoms with Gasteiger partial charge in [-0.25, -0.2) is 0 Å². The molecule has 3 fully saturated rings. The first-order valence-corrected chi connectivity index (χ1v) is 8.57. The molecule has 6 atom stereocenters. The van der Waals surface area contributed by atoms with E-state index < -0.39 is 0 Å². The highest BCUT2D eigenvalue weighted by Crippen LogP contribution is 2.62. The van der Waals surface area contributed by atoms with E-state index in [0.29, 0.717) is 36.9 Å². The van der Waals surface area contributed by atoms with Gasteiger partial charge >= 0.3 is 5.97 Å². The topological polar surface area (TPSA) is 46.5 Å². The fraction of sp³-hybridized carbons (Fsp3) is 0.632. The maximum Gasteiger partial charge on any atom is 0.309 e. The first-order valence-electron chi connectivity index (χ1n) is 8.57. The van der Waals surface area contributed by atoms with Crippen LogP contribution >= 0.6 is 0 Å². The lowest BCUT2D eigenvalue weighted by Crippen LogP contribution is -2.30. The summed E-state index contributed by atoms with van der Waals surface area (Å²) in [5.74, 6) is 3.20. The Bertz CT molecular complexity index is 541. The number of fused-ring (bicyclic) bond motifs is 5. The normalized spacial score (nSPS) is 39.0. The van der Waals surface area contributed by atoms with Crippen molar-refractivity contribution in [3.63, 3.8) is 0 Å². The molecule has 3 saturated carbocycles. The summed E-state index contributed by atoms with van der Waals surface area (Å²) in [6.07, 6.45) is 4.51. The third-order valence-corrected chi connectivity index (χ3v) is 6.35. The molecule has 0 spiro atoms. The summed E-state index contributed by atoms with van der Waals surface area (Å²) in [5.41, 5.74) is 1.05. The van der Waals surface area contributed by atoms with Gasteiger partial charge in [-0.05, 0) is 60.8 Å². The minimum atomic E-state index is 0.00208. The van der Waals surface area contributed by atoms with Crippen molar-refractivity contribution in [2.45, 2.75) is 32.3 Å². The summed E-state index contributed by atoms with van der Waals surface area (Å²) in [5, 5.41) is 9.41. The second kappa shape index (κ2) is 5.69. The fourth-order valence-corrected chi connectivity index (χ4v) is 5.44. The quantitative estimate of drug-likeness (QED) is 0.870. The van der Waals surface area contributed by atoms with E-state index in [0.717, 1.165) is 24.3 Å². The van der Waals surface area contributed by atoms with Crippen LogP contribution in [0.15, 0.2) is 30.3 Å². The Morgan fingerprint density at radius 1 is 1.05 bits per heavy atom. The standard InChI is InChI=1S/C19H24O3/c20-10-13-6-15-14-8-17(16(15)7-13)18(9-14)19(21)22-11-12-4-2-1-3-5-12/h1-5,13-18,20H,6-11H2. The Kier molecular flexibility index (Phi) is 3.69. The molecule has 3 aliphatic rings. The molecule has 0 aromatic heterocycles. The number of hydrogen-bond donors (Lipinski definition) is 1. The lowest BCUT2D eigenvalue weighted by Gasteiger charge is -2.30. The van der Waals surface area contributed by atoms with Gasteiger partial charge in [0.15, 0.2) is 0 Å². The molecule has 0 amide bonds. The summed E-state index contributed by atoms with van der Waals surface area (Å²) in [7, 11) is 0. The number of hydrogen-bond acceptors (Lipinski definition) is 3. The largest absolute Gasteiger partial charge is 0.461 e. The second-order valence-corrected chi connectivity index (χ2v) is 7.44. The van der Waals surface area contributed by atoms with Crippen LogP contribution in [-0.2, 0) is 16.1 Å². The number of carbonyl (C=O) groups is 1. The van der Waals surface area contributed by atoms with Gasteiger partial charge in [0.1, 0.15) is 6.61 Å². The Morgan fingerprint density at radius 3 is 2.59 bits per heavy atom. The number of carbonyl (C=O) groups excluding carboxylic acids is 1. The molecule has 1 aromatic rings. The summed E-state index contributed by atoms with van der Waals surface area (Å²) in [6, 6.07) is 9.90. The van der Waals surface area contributed by atoms with E-state index >= 15 is 0 Å². The van der Waals surface area contributed by atoms with Crippen molar-refractivity contribution in [3.05, 3.63) is 35.9 Å². The number of benzene rings is 1. The molecule has 0 radical (unpaired) electrons. The number of rotatable bonds is 4. The van der Waals surface area contributed by atoms with Gasteiger partial charge in [-0.3, -0.25) is 4.79 Å². The molecule has 2 bridgehead atoms. The Hall–Kier alpha value is -1.35. The molecular weight excluding hydrogens is 276 g/mol. The highest BCUT2D eigenvalue weighted by atomic mass is 16.5.